The predicted octanol–water partition coefficient (Wildman–Crippen LogP) is 4.41. The molecule has 0 aliphatic rings. The number of benzene rings is 2. The average molecular weight is 345 g/mol. The lowest BCUT2D eigenvalue weighted by Crippen LogP contribution is -2.26. The molecule has 1 heterocycles. The summed E-state index contributed by atoms with van der Waals surface area (Å²) in [6.45, 7) is 4.71. The first-order valence-corrected chi connectivity index (χ1v) is 8.74. The van der Waals surface area contributed by atoms with Crippen molar-refractivity contribution in [2.24, 2.45) is 0 Å². The van der Waals surface area contributed by atoms with Gasteiger partial charge in [-0.25, -0.2) is 0 Å². The van der Waals surface area contributed by atoms with E-state index in [1.165, 1.54) is 16.7 Å². The number of hydrogen-bond donors (Lipinski definition) is 2. The Morgan fingerprint density at radius 2 is 1.65 bits per heavy atom. The van der Waals surface area contributed by atoms with E-state index >= 15 is 0 Å². The van der Waals surface area contributed by atoms with Gasteiger partial charge in [0.05, 0.1) is 0 Å². The minimum absolute atomic E-state index is 0.162. The largest absolute Gasteiger partial charge is 0.355 e. The van der Waals surface area contributed by atoms with Crippen molar-refractivity contribution in [3.63, 3.8) is 0 Å². The van der Waals surface area contributed by atoms with E-state index in [1.54, 1.807) is 12.3 Å². The van der Waals surface area contributed by atoms with E-state index in [9.17, 15) is 4.79 Å². The van der Waals surface area contributed by atoms with E-state index < -0.39 is 0 Å². The molecule has 2 N–H and O–H groups in total. The Morgan fingerprint density at radius 1 is 0.923 bits per heavy atom. The van der Waals surface area contributed by atoms with Gasteiger partial charge in [-0.1, -0.05) is 36.4 Å². The third-order valence-electron chi connectivity index (χ3n) is 4.04. The van der Waals surface area contributed by atoms with Crippen LogP contribution in [0.3, 0.4) is 0 Å². The predicted molar refractivity (Wildman–Crippen MR) is 106 cm³/mol. The first kappa shape index (κ1) is 17.7. The third-order valence-corrected chi connectivity index (χ3v) is 4.04. The van der Waals surface area contributed by atoms with Crippen molar-refractivity contribution in [2.45, 2.75) is 20.3 Å². The van der Waals surface area contributed by atoms with Crippen LogP contribution in [0.1, 0.15) is 27.2 Å². The third kappa shape index (κ3) is 4.93. The number of rotatable bonds is 6. The van der Waals surface area contributed by atoms with Crippen LogP contribution in [0.15, 0.2) is 66.9 Å². The molecule has 0 radical (unpaired) electrons. The highest BCUT2D eigenvalue weighted by atomic mass is 16.1. The second-order valence-electron chi connectivity index (χ2n) is 6.42. The number of carbonyl (C=O) groups is 1. The summed E-state index contributed by atoms with van der Waals surface area (Å²) in [5.41, 5.74) is 5.85. The highest BCUT2D eigenvalue weighted by Crippen LogP contribution is 2.19. The molecule has 0 bridgehead atoms. The Morgan fingerprint density at radius 3 is 2.38 bits per heavy atom. The number of amides is 1. The molecule has 1 aromatic heterocycles. The van der Waals surface area contributed by atoms with Crippen LogP contribution in [0.5, 0.6) is 0 Å². The molecule has 2 aromatic carbocycles. The molecule has 132 valence electrons. The van der Waals surface area contributed by atoms with Gasteiger partial charge in [-0.05, 0) is 61.2 Å². The highest BCUT2D eigenvalue weighted by molar-refractivity contribution is 5.93. The van der Waals surface area contributed by atoms with E-state index in [1.807, 2.05) is 24.3 Å². The Labute approximate surface area is 154 Å². The van der Waals surface area contributed by atoms with Gasteiger partial charge in [0, 0.05) is 24.1 Å². The first-order chi connectivity index (χ1) is 12.6. The standard InChI is InChI=1S/C22H23N3O/c1-16-12-17(2)14-20(13-16)25-19-9-11-23-21(15-19)22(26)24-10-8-18-6-4-3-5-7-18/h3-7,9,11-15H,8,10H2,1-2H3,(H,23,25)(H,24,26). The van der Waals surface area contributed by atoms with Gasteiger partial charge in [0.2, 0.25) is 0 Å². The Balaban J connectivity index is 1.61. The first-order valence-electron chi connectivity index (χ1n) is 8.74. The Hall–Kier alpha value is -3.14. The monoisotopic (exact) mass is 345 g/mol. The van der Waals surface area contributed by atoms with Crippen molar-refractivity contribution in [3.05, 3.63) is 89.2 Å². The van der Waals surface area contributed by atoms with Crippen molar-refractivity contribution < 1.29 is 4.79 Å². The van der Waals surface area contributed by atoms with Gasteiger partial charge >= 0.3 is 0 Å². The minimum Gasteiger partial charge on any atom is -0.355 e. The maximum Gasteiger partial charge on any atom is 0.269 e. The molecule has 0 spiro atoms. The molecule has 1 amide bonds. The topological polar surface area (TPSA) is 54.0 Å². The SMILES string of the molecule is Cc1cc(C)cc(Nc2ccnc(C(=O)NCCc3ccccc3)c2)c1. The summed E-state index contributed by atoms with van der Waals surface area (Å²) >= 11 is 0. The maximum atomic E-state index is 12.3. The lowest BCUT2D eigenvalue weighted by Gasteiger charge is -2.10. The zero-order valence-corrected chi connectivity index (χ0v) is 15.1. The number of nitrogens with one attached hydrogen (secondary N) is 2. The molecule has 3 rings (SSSR count). The van der Waals surface area contributed by atoms with E-state index in [0.29, 0.717) is 12.2 Å². The molecule has 0 unspecified atom stereocenters. The molecular formula is C22H23N3O. The normalized spacial score (nSPS) is 10.4. The van der Waals surface area contributed by atoms with Gasteiger partial charge in [-0.2, -0.15) is 0 Å². The summed E-state index contributed by atoms with van der Waals surface area (Å²) in [4.78, 5) is 16.5. The molecular weight excluding hydrogens is 322 g/mol. The highest BCUT2D eigenvalue weighted by Gasteiger charge is 2.08. The van der Waals surface area contributed by atoms with Crippen molar-refractivity contribution in [3.8, 4) is 0 Å². The van der Waals surface area contributed by atoms with Crippen LogP contribution in [-0.2, 0) is 6.42 Å². The van der Waals surface area contributed by atoms with Gasteiger partial charge in [-0.15, -0.1) is 0 Å². The van der Waals surface area contributed by atoms with E-state index in [-0.39, 0.29) is 5.91 Å². The van der Waals surface area contributed by atoms with Gasteiger partial charge in [-0.3, -0.25) is 9.78 Å². The minimum atomic E-state index is -0.162. The van der Waals surface area contributed by atoms with Crippen LogP contribution in [0, 0.1) is 13.8 Å². The van der Waals surface area contributed by atoms with E-state index in [4.69, 9.17) is 0 Å². The summed E-state index contributed by atoms with van der Waals surface area (Å²) < 4.78 is 0. The zero-order valence-electron chi connectivity index (χ0n) is 15.1. The van der Waals surface area contributed by atoms with Crippen LogP contribution in [0.2, 0.25) is 0 Å². The summed E-state index contributed by atoms with van der Waals surface area (Å²) in [5.74, 6) is -0.162. The number of anilines is 2. The Bertz CT molecular complexity index is 871. The van der Waals surface area contributed by atoms with Gasteiger partial charge in [0.1, 0.15) is 5.69 Å². The molecule has 4 heteroatoms. The second kappa shape index (κ2) is 8.30. The fraction of sp³-hybridized carbons (Fsp3) is 0.182. The number of aromatic nitrogens is 1. The maximum absolute atomic E-state index is 12.3. The molecule has 3 aromatic rings. The van der Waals surface area contributed by atoms with Crippen molar-refractivity contribution >= 4 is 17.3 Å². The lowest BCUT2D eigenvalue weighted by molar-refractivity contribution is 0.0949. The summed E-state index contributed by atoms with van der Waals surface area (Å²) in [5, 5.41) is 6.27. The number of aryl methyl sites for hydroxylation is 2. The fourth-order valence-corrected chi connectivity index (χ4v) is 2.90. The van der Waals surface area contributed by atoms with Gasteiger partial charge < -0.3 is 10.6 Å². The number of hydrogen-bond acceptors (Lipinski definition) is 3. The van der Waals surface area contributed by atoms with Crippen LogP contribution in [-0.4, -0.2) is 17.4 Å². The van der Waals surface area contributed by atoms with E-state index in [0.717, 1.165) is 17.8 Å². The fourth-order valence-electron chi connectivity index (χ4n) is 2.90. The van der Waals surface area contributed by atoms with Gasteiger partial charge in [0.25, 0.3) is 5.91 Å². The van der Waals surface area contributed by atoms with Crippen LogP contribution >= 0.6 is 0 Å². The average Bonchev–Trinajstić information content (AvgIpc) is 2.62. The molecule has 0 atom stereocenters. The smallest absolute Gasteiger partial charge is 0.269 e. The molecule has 0 saturated heterocycles. The zero-order chi connectivity index (χ0) is 18.4. The molecule has 4 nitrogen and oxygen atoms in total. The van der Waals surface area contributed by atoms with Crippen LogP contribution < -0.4 is 10.6 Å². The van der Waals surface area contributed by atoms with Crippen LogP contribution in [0.4, 0.5) is 11.4 Å². The molecule has 0 aliphatic carbocycles. The lowest BCUT2D eigenvalue weighted by atomic mass is 10.1. The number of carbonyl (C=O) groups excluding carboxylic acids is 1. The van der Waals surface area contributed by atoms with Crippen molar-refractivity contribution in [1.82, 2.24) is 10.3 Å². The summed E-state index contributed by atoms with van der Waals surface area (Å²) in [6, 6.07) is 20.0. The molecule has 0 aliphatic heterocycles. The second-order valence-corrected chi connectivity index (χ2v) is 6.42. The van der Waals surface area contributed by atoms with Crippen LogP contribution in [0.25, 0.3) is 0 Å². The quantitative estimate of drug-likeness (QED) is 0.695. The molecule has 0 fully saturated rings. The Kier molecular flexibility index (Phi) is 5.64. The number of pyridine rings is 1. The molecule has 0 saturated carbocycles. The van der Waals surface area contributed by atoms with Crippen molar-refractivity contribution in [2.75, 3.05) is 11.9 Å². The van der Waals surface area contributed by atoms with Crippen molar-refractivity contribution in [1.29, 1.82) is 0 Å². The van der Waals surface area contributed by atoms with Gasteiger partial charge in [0.15, 0.2) is 0 Å². The summed E-state index contributed by atoms with van der Waals surface area (Å²) in [6.07, 6.45) is 2.45. The summed E-state index contributed by atoms with van der Waals surface area (Å²) in [7, 11) is 0. The number of nitrogens with zero attached hydrogens (tertiary/aromatic N) is 1. The van der Waals surface area contributed by atoms with E-state index in [2.05, 4.69) is 59.8 Å². The molecule has 26 heavy (non-hydrogen) atoms.